The average molecular weight is 232 g/mol. The fourth-order valence-corrected chi connectivity index (χ4v) is 1.74. The minimum Gasteiger partial charge on any atom is -0.508 e. The highest BCUT2D eigenvalue weighted by Gasteiger charge is 2.27. The number of aryl methyl sites for hydroxylation is 1. The molecular formula is C13H16N2O2. The first-order chi connectivity index (χ1) is 8.04. The van der Waals surface area contributed by atoms with E-state index in [1.54, 1.807) is 42.1 Å². The first-order valence-corrected chi connectivity index (χ1v) is 5.59. The van der Waals surface area contributed by atoms with Crippen LogP contribution in [0.15, 0.2) is 36.7 Å². The van der Waals surface area contributed by atoms with Gasteiger partial charge in [0.25, 0.3) is 0 Å². The van der Waals surface area contributed by atoms with Crippen molar-refractivity contribution in [3.8, 4) is 5.75 Å². The van der Waals surface area contributed by atoms with E-state index in [-0.39, 0.29) is 5.75 Å². The molecule has 0 radical (unpaired) electrons. The number of hydrogen-bond acceptors (Lipinski definition) is 3. The Morgan fingerprint density at radius 3 is 2.41 bits per heavy atom. The van der Waals surface area contributed by atoms with E-state index in [9.17, 15) is 10.2 Å². The maximum atomic E-state index is 10.5. The summed E-state index contributed by atoms with van der Waals surface area (Å²) >= 11 is 0. The molecule has 4 nitrogen and oxygen atoms in total. The number of nitrogens with zero attached hydrogens (tertiary/aromatic N) is 2. The maximum Gasteiger partial charge on any atom is 0.115 e. The number of hydrogen-bond donors (Lipinski definition) is 2. The number of phenols is 1. The van der Waals surface area contributed by atoms with Gasteiger partial charge in [-0.25, -0.2) is 0 Å². The molecule has 0 aliphatic heterocycles. The Hall–Kier alpha value is -1.81. The van der Waals surface area contributed by atoms with E-state index in [1.807, 2.05) is 13.1 Å². The van der Waals surface area contributed by atoms with Gasteiger partial charge in [0.2, 0.25) is 0 Å². The SMILES string of the molecule is CCn1cc(C(C)(O)c2ccc(O)cc2)cn1. The van der Waals surface area contributed by atoms with Crippen LogP contribution in [0.25, 0.3) is 0 Å². The van der Waals surface area contributed by atoms with E-state index in [4.69, 9.17) is 0 Å². The molecule has 0 spiro atoms. The summed E-state index contributed by atoms with van der Waals surface area (Å²) in [6.07, 6.45) is 3.49. The van der Waals surface area contributed by atoms with Gasteiger partial charge in [-0.1, -0.05) is 12.1 Å². The topological polar surface area (TPSA) is 58.3 Å². The average Bonchev–Trinajstić information content (AvgIpc) is 2.78. The van der Waals surface area contributed by atoms with Crippen LogP contribution >= 0.6 is 0 Å². The molecule has 90 valence electrons. The fourth-order valence-electron chi connectivity index (χ4n) is 1.74. The normalized spacial score (nSPS) is 14.5. The molecule has 0 aliphatic rings. The minimum absolute atomic E-state index is 0.189. The fraction of sp³-hybridized carbons (Fsp3) is 0.308. The van der Waals surface area contributed by atoms with Crippen molar-refractivity contribution in [1.29, 1.82) is 0 Å². The first kappa shape index (κ1) is 11.7. The van der Waals surface area contributed by atoms with Gasteiger partial charge in [0, 0.05) is 18.3 Å². The van der Waals surface area contributed by atoms with Crippen molar-refractivity contribution >= 4 is 0 Å². The molecule has 2 aromatic rings. The molecule has 1 atom stereocenters. The van der Waals surface area contributed by atoms with E-state index >= 15 is 0 Å². The molecule has 0 saturated heterocycles. The van der Waals surface area contributed by atoms with Crippen LogP contribution in [0.4, 0.5) is 0 Å². The largest absolute Gasteiger partial charge is 0.508 e. The van der Waals surface area contributed by atoms with E-state index in [0.29, 0.717) is 0 Å². The van der Waals surface area contributed by atoms with Gasteiger partial charge in [0.1, 0.15) is 11.4 Å². The molecule has 0 bridgehead atoms. The van der Waals surface area contributed by atoms with Gasteiger partial charge >= 0.3 is 0 Å². The van der Waals surface area contributed by atoms with Crippen LogP contribution in [-0.4, -0.2) is 20.0 Å². The van der Waals surface area contributed by atoms with Crippen LogP contribution in [0.1, 0.15) is 25.0 Å². The molecule has 0 aliphatic carbocycles. The second kappa shape index (κ2) is 4.22. The van der Waals surface area contributed by atoms with E-state index in [2.05, 4.69) is 5.10 Å². The van der Waals surface area contributed by atoms with Gasteiger partial charge in [-0.3, -0.25) is 4.68 Å². The predicted molar refractivity (Wildman–Crippen MR) is 64.7 cm³/mol. The molecule has 1 unspecified atom stereocenters. The molecular weight excluding hydrogens is 216 g/mol. The van der Waals surface area contributed by atoms with Crippen LogP contribution in [0.2, 0.25) is 0 Å². The first-order valence-electron chi connectivity index (χ1n) is 5.59. The summed E-state index contributed by atoms with van der Waals surface area (Å²) in [5, 5.41) is 23.9. The summed E-state index contributed by atoms with van der Waals surface area (Å²) < 4.78 is 1.77. The summed E-state index contributed by atoms with van der Waals surface area (Å²) in [7, 11) is 0. The zero-order chi connectivity index (χ0) is 12.5. The van der Waals surface area contributed by atoms with Crippen LogP contribution in [-0.2, 0) is 12.1 Å². The molecule has 17 heavy (non-hydrogen) atoms. The van der Waals surface area contributed by atoms with E-state index in [0.717, 1.165) is 17.7 Å². The number of rotatable bonds is 3. The molecule has 4 heteroatoms. The minimum atomic E-state index is -1.10. The third kappa shape index (κ3) is 2.17. The van der Waals surface area contributed by atoms with E-state index < -0.39 is 5.60 Å². The lowest BCUT2D eigenvalue weighted by molar-refractivity contribution is 0.102. The van der Waals surface area contributed by atoms with Crippen LogP contribution < -0.4 is 0 Å². The number of aromatic nitrogens is 2. The number of benzene rings is 1. The monoisotopic (exact) mass is 232 g/mol. The Morgan fingerprint density at radius 1 is 1.24 bits per heavy atom. The summed E-state index contributed by atoms with van der Waals surface area (Å²) in [5.74, 6) is 0.189. The van der Waals surface area contributed by atoms with Gasteiger partial charge in [-0.2, -0.15) is 5.10 Å². The van der Waals surface area contributed by atoms with Crippen molar-refractivity contribution in [3.63, 3.8) is 0 Å². The van der Waals surface area contributed by atoms with Gasteiger partial charge < -0.3 is 10.2 Å². The van der Waals surface area contributed by atoms with Crippen molar-refractivity contribution in [2.75, 3.05) is 0 Å². The van der Waals surface area contributed by atoms with Gasteiger partial charge in [-0.05, 0) is 31.5 Å². The summed E-state index contributed by atoms with van der Waals surface area (Å²) in [6, 6.07) is 6.54. The second-order valence-electron chi connectivity index (χ2n) is 4.20. The zero-order valence-corrected chi connectivity index (χ0v) is 9.96. The highest BCUT2D eigenvalue weighted by Crippen LogP contribution is 2.29. The maximum absolute atomic E-state index is 10.5. The van der Waals surface area contributed by atoms with Gasteiger partial charge in [-0.15, -0.1) is 0 Å². The quantitative estimate of drug-likeness (QED) is 0.849. The smallest absolute Gasteiger partial charge is 0.115 e. The standard InChI is InChI=1S/C13H16N2O2/c1-3-15-9-11(8-14-15)13(2,17)10-4-6-12(16)7-5-10/h4-9,16-17H,3H2,1-2H3. The van der Waals surface area contributed by atoms with Crippen molar-refractivity contribution in [3.05, 3.63) is 47.8 Å². The molecule has 0 saturated carbocycles. The lowest BCUT2D eigenvalue weighted by atomic mass is 9.90. The molecule has 2 rings (SSSR count). The molecule has 0 fully saturated rings. The van der Waals surface area contributed by atoms with Crippen molar-refractivity contribution in [1.82, 2.24) is 9.78 Å². The molecule has 0 amide bonds. The Kier molecular flexibility index (Phi) is 2.90. The Balaban J connectivity index is 2.37. The number of aliphatic hydroxyl groups is 1. The van der Waals surface area contributed by atoms with Crippen LogP contribution in [0.3, 0.4) is 0 Å². The van der Waals surface area contributed by atoms with E-state index in [1.165, 1.54) is 0 Å². The van der Waals surface area contributed by atoms with Crippen LogP contribution in [0.5, 0.6) is 5.75 Å². The predicted octanol–water partition coefficient (Wildman–Crippen LogP) is 1.86. The third-order valence-electron chi connectivity index (χ3n) is 2.95. The van der Waals surface area contributed by atoms with Crippen molar-refractivity contribution in [2.24, 2.45) is 0 Å². The molecule has 1 aromatic carbocycles. The third-order valence-corrected chi connectivity index (χ3v) is 2.95. The highest BCUT2D eigenvalue weighted by atomic mass is 16.3. The Labute approximate surface area is 100 Å². The summed E-state index contributed by atoms with van der Waals surface area (Å²) in [6.45, 7) is 4.48. The molecule has 1 heterocycles. The Bertz CT molecular complexity index is 500. The number of phenolic OH excluding ortho intramolecular Hbond substituents is 1. The second-order valence-corrected chi connectivity index (χ2v) is 4.20. The summed E-state index contributed by atoms with van der Waals surface area (Å²) in [4.78, 5) is 0. The molecule has 2 N–H and O–H groups in total. The number of aromatic hydroxyl groups is 1. The van der Waals surface area contributed by atoms with Gasteiger partial charge in [0.05, 0.1) is 6.20 Å². The summed E-state index contributed by atoms with van der Waals surface area (Å²) in [5.41, 5.74) is 0.372. The van der Waals surface area contributed by atoms with Gasteiger partial charge in [0.15, 0.2) is 0 Å². The van der Waals surface area contributed by atoms with Crippen LogP contribution in [0, 0.1) is 0 Å². The molecule has 1 aromatic heterocycles. The van der Waals surface area contributed by atoms with Crippen molar-refractivity contribution < 1.29 is 10.2 Å². The lowest BCUT2D eigenvalue weighted by Crippen LogP contribution is -2.22. The lowest BCUT2D eigenvalue weighted by Gasteiger charge is -2.22. The highest BCUT2D eigenvalue weighted by molar-refractivity contribution is 5.35. The van der Waals surface area contributed by atoms with Crippen molar-refractivity contribution in [2.45, 2.75) is 26.0 Å². The Morgan fingerprint density at radius 2 is 1.88 bits per heavy atom. The zero-order valence-electron chi connectivity index (χ0n) is 9.96.